The predicted molar refractivity (Wildman–Crippen MR) is 73.6 cm³/mol. The molecule has 0 aliphatic heterocycles. The molecule has 17 heavy (non-hydrogen) atoms. The van der Waals surface area contributed by atoms with Gasteiger partial charge in [0.1, 0.15) is 0 Å². The summed E-state index contributed by atoms with van der Waals surface area (Å²) in [5.74, 6) is 0.839. The Morgan fingerprint density at radius 3 is 2.76 bits per heavy atom. The average molecular weight is 253 g/mol. The summed E-state index contributed by atoms with van der Waals surface area (Å²) in [5, 5.41) is 3.45. The second-order valence-corrected chi connectivity index (χ2v) is 6.26. The third-order valence-corrected chi connectivity index (χ3v) is 4.73. The van der Waals surface area contributed by atoms with Crippen molar-refractivity contribution in [1.29, 1.82) is 0 Å². The molecule has 1 aliphatic rings. The Morgan fingerprint density at radius 1 is 1.47 bits per heavy atom. The molecule has 1 heterocycles. The van der Waals surface area contributed by atoms with Crippen LogP contribution in [-0.2, 0) is 4.74 Å². The van der Waals surface area contributed by atoms with Crippen molar-refractivity contribution in [2.75, 3.05) is 13.7 Å². The molecule has 2 nitrogen and oxygen atoms in total. The number of ether oxygens (including phenoxy) is 1. The van der Waals surface area contributed by atoms with E-state index < -0.39 is 0 Å². The molecule has 0 amide bonds. The van der Waals surface area contributed by atoms with Gasteiger partial charge in [-0.1, -0.05) is 0 Å². The van der Waals surface area contributed by atoms with Crippen molar-refractivity contribution >= 4 is 11.3 Å². The van der Waals surface area contributed by atoms with Crippen LogP contribution in [0.3, 0.4) is 0 Å². The highest BCUT2D eigenvalue weighted by molar-refractivity contribution is 7.12. The number of nitrogens with one attached hydrogen (secondary N) is 1. The van der Waals surface area contributed by atoms with Crippen molar-refractivity contribution in [3.8, 4) is 0 Å². The minimum atomic E-state index is 0.529. The first kappa shape index (κ1) is 13.1. The van der Waals surface area contributed by atoms with E-state index in [0.29, 0.717) is 12.1 Å². The lowest BCUT2D eigenvalue weighted by Gasteiger charge is -2.36. The highest BCUT2D eigenvalue weighted by atomic mass is 32.1. The first-order chi connectivity index (χ1) is 8.22. The van der Waals surface area contributed by atoms with E-state index in [-0.39, 0.29) is 0 Å². The molecule has 2 rings (SSSR count). The maximum absolute atomic E-state index is 5.62. The van der Waals surface area contributed by atoms with Gasteiger partial charge in [-0.25, -0.2) is 0 Å². The van der Waals surface area contributed by atoms with Gasteiger partial charge in [0.15, 0.2) is 0 Å². The monoisotopic (exact) mass is 253 g/mol. The molecule has 0 bridgehead atoms. The molecule has 0 saturated heterocycles. The van der Waals surface area contributed by atoms with Gasteiger partial charge in [0, 0.05) is 22.4 Å². The largest absolute Gasteiger partial charge is 0.378 e. The summed E-state index contributed by atoms with van der Waals surface area (Å²) in [6.45, 7) is 5.12. The summed E-state index contributed by atoms with van der Waals surface area (Å²) < 4.78 is 5.62. The molecule has 0 spiro atoms. The Bertz CT molecular complexity index is 344. The van der Waals surface area contributed by atoms with E-state index in [0.717, 1.165) is 12.5 Å². The van der Waals surface area contributed by atoms with E-state index in [1.54, 1.807) is 0 Å². The normalized spacial score (nSPS) is 25.6. The molecule has 1 unspecified atom stereocenters. The van der Waals surface area contributed by atoms with Crippen LogP contribution in [0.2, 0.25) is 0 Å². The zero-order valence-corrected chi connectivity index (χ0v) is 11.8. The van der Waals surface area contributed by atoms with Crippen LogP contribution >= 0.6 is 11.3 Å². The Labute approximate surface area is 108 Å². The quantitative estimate of drug-likeness (QED) is 0.837. The van der Waals surface area contributed by atoms with Gasteiger partial charge in [-0.2, -0.15) is 0 Å². The van der Waals surface area contributed by atoms with Gasteiger partial charge in [0.05, 0.1) is 6.10 Å². The minimum absolute atomic E-state index is 0.529. The zero-order chi connectivity index (χ0) is 12.3. The summed E-state index contributed by atoms with van der Waals surface area (Å²) in [6.07, 6.45) is 4.28. The number of hydrogen-bond donors (Lipinski definition) is 1. The van der Waals surface area contributed by atoms with Crippen LogP contribution in [0, 0.1) is 12.8 Å². The van der Waals surface area contributed by atoms with Gasteiger partial charge in [0.25, 0.3) is 0 Å². The van der Waals surface area contributed by atoms with Crippen LogP contribution in [0.25, 0.3) is 0 Å². The number of hydrogen-bond acceptors (Lipinski definition) is 3. The number of thiophene rings is 1. The summed E-state index contributed by atoms with van der Waals surface area (Å²) in [6, 6.07) is 5.01. The van der Waals surface area contributed by atoms with E-state index in [4.69, 9.17) is 4.74 Å². The first-order valence-electron chi connectivity index (χ1n) is 6.58. The van der Waals surface area contributed by atoms with Crippen LogP contribution < -0.4 is 5.32 Å². The second-order valence-electron chi connectivity index (χ2n) is 4.94. The molecule has 0 aromatic carbocycles. The van der Waals surface area contributed by atoms with Crippen LogP contribution in [0.15, 0.2) is 12.1 Å². The molecule has 1 aromatic rings. The van der Waals surface area contributed by atoms with Gasteiger partial charge in [0.2, 0.25) is 0 Å². The Hall–Kier alpha value is -0.380. The average Bonchev–Trinajstić information content (AvgIpc) is 2.68. The summed E-state index contributed by atoms with van der Waals surface area (Å²) in [7, 11) is 2.07. The number of aryl methyl sites for hydroxylation is 1. The van der Waals surface area contributed by atoms with Crippen molar-refractivity contribution in [2.24, 2.45) is 5.92 Å². The van der Waals surface area contributed by atoms with Crippen LogP contribution in [0.4, 0.5) is 0 Å². The van der Waals surface area contributed by atoms with Crippen LogP contribution in [0.1, 0.15) is 42.0 Å². The molecule has 1 aliphatic carbocycles. The summed E-state index contributed by atoms with van der Waals surface area (Å²) in [5.41, 5.74) is 0. The fourth-order valence-corrected chi connectivity index (χ4v) is 3.59. The van der Waals surface area contributed by atoms with Crippen molar-refractivity contribution in [1.82, 2.24) is 5.32 Å². The van der Waals surface area contributed by atoms with Crippen molar-refractivity contribution in [2.45, 2.75) is 45.3 Å². The maximum atomic E-state index is 5.62. The molecule has 1 saturated carbocycles. The van der Waals surface area contributed by atoms with Gasteiger partial charge in [-0.05, 0) is 58.2 Å². The Morgan fingerprint density at radius 2 is 2.24 bits per heavy atom. The molecule has 1 atom stereocenters. The van der Waals surface area contributed by atoms with E-state index >= 15 is 0 Å². The second kappa shape index (κ2) is 5.98. The molecule has 1 aromatic heterocycles. The highest BCUT2D eigenvalue weighted by Gasteiger charge is 2.31. The summed E-state index contributed by atoms with van der Waals surface area (Å²) in [4.78, 5) is 2.88. The molecule has 0 radical (unpaired) electrons. The van der Waals surface area contributed by atoms with Crippen LogP contribution in [0.5, 0.6) is 0 Å². The van der Waals surface area contributed by atoms with Crippen LogP contribution in [-0.4, -0.2) is 19.8 Å². The molecule has 96 valence electrons. The smallest absolute Gasteiger partial charge is 0.0580 e. The molecular weight excluding hydrogens is 230 g/mol. The molecule has 3 heteroatoms. The van der Waals surface area contributed by atoms with E-state index in [1.807, 2.05) is 11.3 Å². The van der Waals surface area contributed by atoms with Crippen molar-refractivity contribution < 1.29 is 4.74 Å². The van der Waals surface area contributed by atoms with Crippen molar-refractivity contribution in [3.63, 3.8) is 0 Å². The van der Waals surface area contributed by atoms with Gasteiger partial charge < -0.3 is 10.1 Å². The maximum Gasteiger partial charge on any atom is 0.0580 e. The fraction of sp³-hybridized carbons (Fsp3) is 0.714. The van der Waals surface area contributed by atoms with E-state index in [1.165, 1.54) is 29.0 Å². The topological polar surface area (TPSA) is 21.3 Å². The standard InChI is InChI=1S/C14H23NOS/c1-4-16-12-7-11(8-12)9-13(15-3)14-6-5-10(2)17-14/h5-6,11-13,15H,4,7-9H2,1-3H3. The Kier molecular flexibility index (Phi) is 4.60. The third-order valence-electron chi connectivity index (χ3n) is 3.62. The Balaban J connectivity index is 1.81. The SMILES string of the molecule is CCOC1CC(CC(NC)c2ccc(C)s2)C1. The lowest BCUT2D eigenvalue weighted by molar-refractivity contribution is -0.0288. The lowest BCUT2D eigenvalue weighted by Crippen LogP contribution is -2.34. The highest BCUT2D eigenvalue weighted by Crippen LogP contribution is 2.38. The summed E-state index contributed by atoms with van der Waals surface area (Å²) >= 11 is 1.91. The molecule has 1 N–H and O–H groups in total. The molecule has 1 fully saturated rings. The van der Waals surface area contributed by atoms with E-state index in [2.05, 4.69) is 38.3 Å². The van der Waals surface area contributed by atoms with Crippen molar-refractivity contribution in [3.05, 3.63) is 21.9 Å². The zero-order valence-electron chi connectivity index (χ0n) is 11.0. The van der Waals surface area contributed by atoms with E-state index in [9.17, 15) is 0 Å². The molecular formula is C14H23NOS. The number of rotatable bonds is 6. The van der Waals surface area contributed by atoms with Gasteiger partial charge >= 0.3 is 0 Å². The predicted octanol–water partition coefficient (Wildman–Crippen LogP) is 3.52. The third kappa shape index (κ3) is 3.30. The lowest BCUT2D eigenvalue weighted by atomic mass is 9.78. The van der Waals surface area contributed by atoms with Gasteiger partial charge in [-0.15, -0.1) is 11.3 Å². The fourth-order valence-electron chi connectivity index (χ4n) is 2.59. The first-order valence-corrected chi connectivity index (χ1v) is 7.39. The minimum Gasteiger partial charge on any atom is -0.378 e. The van der Waals surface area contributed by atoms with Gasteiger partial charge in [-0.3, -0.25) is 0 Å².